The molecule has 0 spiro atoms. The third kappa shape index (κ3) is 3.05. The van der Waals surface area contributed by atoms with Crippen molar-refractivity contribution in [1.29, 1.82) is 0 Å². The second-order valence-corrected chi connectivity index (χ2v) is 5.30. The number of non-ortho nitro benzene ring substituents is 1. The average molecular weight is 249 g/mol. The zero-order chi connectivity index (χ0) is 13.2. The lowest BCUT2D eigenvalue weighted by molar-refractivity contribution is -0.384. The number of rotatable bonds is 3. The van der Waals surface area contributed by atoms with Gasteiger partial charge in [-0.3, -0.25) is 10.1 Å². The first kappa shape index (κ1) is 13.0. The third-order valence-corrected chi connectivity index (χ3v) is 3.73. The minimum Gasteiger partial charge on any atom is -0.328 e. The highest BCUT2D eigenvalue weighted by Crippen LogP contribution is 2.29. The minimum atomic E-state index is -0.387. The molecule has 1 aromatic carbocycles. The Labute approximate surface area is 106 Å². The topological polar surface area (TPSA) is 95.2 Å². The van der Waals surface area contributed by atoms with Gasteiger partial charge in [-0.2, -0.15) is 0 Å². The largest absolute Gasteiger partial charge is 0.328 e. The molecule has 2 rings (SSSR count). The summed E-state index contributed by atoms with van der Waals surface area (Å²) in [6, 6.07) is 6.93. The molecule has 0 saturated heterocycles. The van der Waals surface area contributed by atoms with Gasteiger partial charge in [-0.1, -0.05) is 12.1 Å². The Morgan fingerprint density at radius 3 is 2.33 bits per heavy atom. The normalized spacial score (nSPS) is 28.0. The highest BCUT2D eigenvalue weighted by molar-refractivity contribution is 5.33. The lowest BCUT2D eigenvalue weighted by Gasteiger charge is -2.36. The quantitative estimate of drug-likeness (QED) is 0.630. The highest BCUT2D eigenvalue weighted by Gasteiger charge is 2.30. The van der Waals surface area contributed by atoms with E-state index in [-0.39, 0.29) is 22.2 Å². The van der Waals surface area contributed by atoms with Crippen LogP contribution >= 0.6 is 0 Å². The minimum absolute atomic E-state index is 0.121. The second kappa shape index (κ2) is 5.04. The van der Waals surface area contributed by atoms with Crippen LogP contribution in [-0.4, -0.2) is 16.5 Å². The molecule has 4 N–H and O–H groups in total. The van der Waals surface area contributed by atoms with Crippen molar-refractivity contribution in [3.05, 3.63) is 39.9 Å². The molecule has 0 atom stereocenters. The van der Waals surface area contributed by atoms with Gasteiger partial charge in [-0.25, -0.2) is 0 Å². The summed E-state index contributed by atoms with van der Waals surface area (Å²) in [5.74, 6) is 0. The summed E-state index contributed by atoms with van der Waals surface area (Å²) in [4.78, 5) is 10.2. The summed E-state index contributed by atoms with van der Waals surface area (Å²) < 4.78 is 0. The van der Waals surface area contributed by atoms with E-state index in [1.54, 1.807) is 12.1 Å². The number of nitrogens with two attached hydrogens (primary N) is 2. The molecule has 0 radical (unpaired) electrons. The van der Waals surface area contributed by atoms with Crippen LogP contribution in [0, 0.1) is 10.1 Å². The Balaban J connectivity index is 2.02. The van der Waals surface area contributed by atoms with E-state index in [1.807, 2.05) is 0 Å². The maximum absolute atomic E-state index is 10.6. The maximum Gasteiger partial charge on any atom is 0.269 e. The summed E-state index contributed by atoms with van der Waals surface area (Å²) in [7, 11) is 0. The number of nitrogens with zero attached hydrogens (tertiary/aromatic N) is 1. The predicted octanol–water partition coefficient (Wildman–Crippen LogP) is 1.74. The number of nitro benzene ring substituents is 1. The molecule has 1 saturated carbocycles. The first-order valence-electron chi connectivity index (χ1n) is 6.26. The molecule has 18 heavy (non-hydrogen) atoms. The van der Waals surface area contributed by atoms with Crippen molar-refractivity contribution in [3.63, 3.8) is 0 Å². The summed E-state index contributed by atoms with van der Waals surface area (Å²) in [6.07, 6.45) is 4.53. The van der Waals surface area contributed by atoms with E-state index >= 15 is 0 Å². The molecular weight excluding hydrogens is 230 g/mol. The van der Waals surface area contributed by atoms with Gasteiger partial charge < -0.3 is 11.5 Å². The van der Waals surface area contributed by atoms with Crippen molar-refractivity contribution in [2.75, 3.05) is 0 Å². The van der Waals surface area contributed by atoms with Crippen LogP contribution in [0.4, 0.5) is 5.69 Å². The molecule has 5 nitrogen and oxygen atoms in total. The van der Waals surface area contributed by atoms with Crippen molar-refractivity contribution in [2.24, 2.45) is 11.5 Å². The van der Waals surface area contributed by atoms with E-state index in [0.29, 0.717) is 0 Å². The van der Waals surface area contributed by atoms with E-state index < -0.39 is 0 Å². The van der Waals surface area contributed by atoms with Crippen LogP contribution in [0.5, 0.6) is 0 Å². The van der Waals surface area contributed by atoms with Gasteiger partial charge in [-0.05, 0) is 37.7 Å². The Kier molecular flexibility index (Phi) is 3.63. The lowest BCUT2D eigenvalue weighted by Crippen LogP contribution is -2.47. The van der Waals surface area contributed by atoms with Crippen molar-refractivity contribution < 1.29 is 4.92 Å². The van der Waals surface area contributed by atoms with E-state index in [1.165, 1.54) is 12.1 Å². The van der Waals surface area contributed by atoms with Gasteiger partial charge in [-0.15, -0.1) is 0 Å². The zero-order valence-electron chi connectivity index (χ0n) is 10.3. The molecule has 1 fully saturated rings. The highest BCUT2D eigenvalue weighted by atomic mass is 16.6. The number of hydrogen-bond acceptors (Lipinski definition) is 4. The molecule has 98 valence electrons. The van der Waals surface area contributed by atoms with Crippen LogP contribution in [0.1, 0.15) is 31.2 Å². The third-order valence-electron chi connectivity index (χ3n) is 3.73. The smallest absolute Gasteiger partial charge is 0.269 e. The molecule has 0 bridgehead atoms. The Morgan fingerprint density at radius 2 is 1.83 bits per heavy atom. The Hall–Kier alpha value is -1.46. The fraction of sp³-hybridized carbons (Fsp3) is 0.538. The average Bonchev–Trinajstić information content (AvgIpc) is 2.34. The summed E-state index contributed by atoms with van der Waals surface area (Å²) in [5.41, 5.74) is 13.2. The number of benzene rings is 1. The monoisotopic (exact) mass is 249 g/mol. The van der Waals surface area contributed by atoms with Gasteiger partial charge in [0.1, 0.15) is 0 Å². The first-order chi connectivity index (χ1) is 8.48. The van der Waals surface area contributed by atoms with Gasteiger partial charge in [0.2, 0.25) is 0 Å². The Bertz CT molecular complexity index is 422. The number of hydrogen-bond donors (Lipinski definition) is 2. The maximum atomic E-state index is 10.6. The summed E-state index contributed by atoms with van der Waals surface area (Å²) in [6.45, 7) is 0. The van der Waals surface area contributed by atoms with Crippen molar-refractivity contribution in [3.8, 4) is 0 Å². The van der Waals surface area contributed by atoms with Gasteiger partial charge in [0, 0.05) is 23.7 Å². The molecular formula is C13H19N3O2. The summed E-state index contributed by atoms with van der Waals surface area (Å²) in [5, 5.41) is 10.6. The molecule has 0 aromatic heterocycles. The molecule has 0 amide bonds. The standard InChI is InChI=1S/C13H19N3O2/c14-11-5-7-13(15,8-6-11)9-10-1-3-12(4-2-10)16(17)18/h1-4,11H,5-9,14-15H2. The van der Waals surface area contributed by atoms with Crippen molar-refractivity contribution >= 4 is 5.69 Å². The van der Waals surface area contributed by atoms with Gasteiger partial charge in [0.15, 0.2) is 0 Å². The fourth-order valence-corrected chi connectivity index (χ4v) is 2.53. The van der Waals surface area contributed by atoms with Crippen molar-refractivity contribution in [2.45, 2.75) is 43.7 Å². The van der Waals surface area contributed by atoms with E-state index in [9.17, 15) is 10.1 Å². The second-order valence-electron chi connectivity index (χ2n) is 5.30. The molecule has 1 aliphatic rings. The van der Waals surface area contributed by atoms with Crippen LogP contribution in [0.25, 0.3) is 0 Å². The van der Waals surface area contributed by atoms with Crippen LogP contribution in [-0.2, 0) is 6.42 Å². The molecule has 1 aliphatic carbocycles. The number of nitro groups is 1. The SMILES string of the molecule is NC1CCC(N)(Cc2ccc([N+](=O)[O-])cc2)CC1. The summed E-state index contributed by atoms with van der Waals surface area (Å²) >= 11 is 0. The van der Waals surface area contributed by atoms with E-state index in [4.69, 9.17) is 11.5 Å². The molecule has 5 heteroatoms. The Morgan fingerprint density at radius 1 is 1.28 bits per heavy atom. The van der Waals surface area contributed by atoms with E-state index in [2.05, 4.69) is 0 Å². The molecule has 1 aromatic rings. The van der Waals surface area contributed by atoms with E-state index in [0.717, 1.165) is 37.7 Å². The molecule has 0 aliphatic heterocycles. The van der Waals surface area contributed by atoms with Crippen LogP contribution < -0.4 is 11.5 Å². The van der Waals surface area contributed by atoms with Crippen LogP contribution in [0.15, 0.2) is 24.3 Å². The molecule has 0 unspecified atom stereocenters. The van der Waals surface area contributed by atoms with Crippen molar-refractivity contribution in [1.82, 2.24) is 0 Å². The van der Waals surface area contributed by atoms with Gasteiger partial charge in [0.25, 0.3) is 5.69 Å². The van der Waals surface area contributed by atoms with Crippen LogP contribution in [0.3, 0.4) is 0 Å². The van der Waals surface area contributed by atoms with Gasteiger partial charge >= 0.3 is 0 Å². The van der Waals surface area contributed by atoms with Gasteiger partial charge in [0.05, 0.1) is 4.92 Å². The fourth-order valence-electron chi connectivity index (χ4n) is 2.53. The lowest BCUT2D eigenvalue weighted by atomic mass is 9.77. The zero-order valence-corrected chi connectivity index (χ0v) is 10.3. The first-order valence-corrected chi connectivity index (χ1v) is 6.26. The molecule has 0 heterocycles. The van der Waals surface area contributed by atoms with Crippen LogP contribution in [0.2, 0.25) is 0 Å². The predicted molar refractivity (Wildman–Crippen MR) is 70.2 cm³/mol.